The minimum atomic E-state index is -4.00. The Bertz CT molecular complexity index is 841. The van der Waals surface area contributed by atoms with Gasteiger partial charge in [-0.2, -0.15) is 4.72 Å². The summed E-state index contributed by atoms with van der Waals surface area (Å²) in [5, 5.41) is 0. The van der Waals surface area contributed by atoms with Gasteiger partial charge in [0.2, 0.25) is 10.0 Å². The molecule has 2 aromatic rings. The average Bonchev–Trinajstić information content (AvgIpc) is 2.65. The van der Waals surface area contributed by atoms with Crippen LogP contribution in [0.25, 0.3) is 0 Å². The summed E-state index contributed by atoms with van der Waals surface area (Å²) in [6, 6.07) is 11.3. The van der Waals surface area contributed by atoms with Gasteiger partial charge in [-0.15, -0.1) is 0 Å². The van der Waals surface area contributed by atoms with Crippen molar-refractivity contribution < 1.29 is 26.8 Å². The Morgan fingerprint density at radius 3 is 2.38 bits per heavy atom. The molecule has 0 aliphatic carbocycles. The highest BCUT2D eigenvalue weighted by atomic mass is 32.2. The van der Waals surface area contributed by atoms with E-state index in [9.17, 15) is 17.2 Å². The summed E-state index contributed by atoms with van der Waals surface area (Å²) in [6.45, 7) is 3.38. The number of quaternary nitrogens is 1. The van der Waals surface area contributed by atoms with Crippen LogP contribution in [0.1, 0.15) is 11.6 Å². The van der Waals surface area contributed by atoms with Crippen LogP contribution in [0.2, 0.25) is 0 Å². The van der Waals surface area contributed by atoms with Crippen molar-refractivity contribution >= 4 is 10.0 Å². The summed E-state index contributed by atoms with van der Waals surface area (Å²) in [4.78, 5) is 0.924. The molecule has 0 amide bonds. The maximum absolute atomic E-state index is 13.5. The molecule has 3 rings (SSSR count). The highest BCUT2D eigenvalue weighted by molar-refractivity contribution is 7.89. The van der Waals surface area contributed by atoms with Gasteiger partial charge in [-0.05, 0) is 23.8 Å². The molecule has 0 spiro atoms. The molecule has 0 aromatic heterocycles. The number of morpholine rings is 1. The largest absolute Gasteiger partial charge is 0.370 e. The van der Waals surface area contributed by atoms with Crippen LogP contribution in [-0.2, 0) is 14.8 Å². The fraction of sp³-hybridized carbons (Fsp3) is 0.333. The topological polar surface area (TPSA) is 59.8 Å². The lowest BCUT2D eigenvalue weighted by Crippen LogP contribution is -3.14. The number of benzene rings is 2. The maximum atomic E-state index is 13.5. The minimum absolute atomic E-state index is 0.297. The van der Waals surface area contributed by atoms with Crippen LogP contribution in [0.3, 0.4) is 0 Å². The summed E-state index contributed by atoms with van der Waals surface area (Å²) in [5.41, 5.74) is 0.817. The standard InChI is InChI=1S/C18H20F2N2O3S/c19-16-7-6-15(12-17(16)20)26(23,24)21-18(14-4-2-1-3-5-14)13-22-8-10-25-11-9-22/h1-7,12,18,21H,8-11,13H2/p+1/t18-/m1/s1. The van der Waals surface area contributed by atoms with Crippen LogP contribution in [0.4, 0.5) is 8.78 Å². The molecule has 8 heteroatoms. The van der Waals surface area contributed by atoms with Gasteiger partial charge in [-0.3, -0.25) is 0 Å². The van der Waals surface area contributed by atoms with Crippen molar-refractivity contribution in [1.82, 2.24) is 4.72 Å². The Balaban J connectivity index is 1.85. The van der Waals surface area contributed by atoms with Gasteiger partial charge in [-0.1, -0.05) is 30.3 Å². The first-order chi connectivity index (χ1) is 12.5. The molecule has 1 heterocycles. The number of sulfonamides is 1. The smallest absolute Gasteiger partial charge is 0.241 e. The zero-order chi connectivity index (χ0) is 18.6. The minimum Gasteiger partial charge on any atom is -0.370 e. The molecule has 0 unspecified atom stereocenters. The molecule has 2 aromatic carbocycles. The number of nitrogens with one attached hydrogen (secondary N) is 2. The third kappa shape index (κ3) is 4.64. The van der Waals surface area contributed by atoms with E-state index in [1.165, 1.54) is 4.90 Å². The fourth-order valence-corrected chi connectivity index (χ4v) is 4.20. The Labute approximate surface area is 151 Å². The van der Waals surface area contributed by atoms with Crippen molar-refractivity contribution in [2.45, 2.75) is 10.9 Å². The van der Waals surface area contributed by atoms with E-state index in [0.717, 1.165) is 30.8 Å². The second-order valence-corrected chi connectivity index (χ2v) is 7.94. The molecule has 1 fully saturated rings. The first-order valence-corrected chi connectivity index (χ1v) is 9.88. The van der Waals surface area contributed by atoms with Crippen LogP contribution < -0.4 is 9.62 Å². The fourth-order valence-electron chi connectivity index (χ4n) is 2.97. The maximum Gasteiger partial charge on any atom is 0.241 e. The molecule has 1 aliphatic rings. The average molecular weight is 383 g/mol. The second-order valence-electron chi connectivity index (χ2n) is 6.23. The van der Waals surface area contributed by atoms with Crippen molar-refractivity contribution in [2.24, 2.45) is 0 Å². The van der Waals surface area contributed by atoms with Crippen LogP contribution in [0.15, 0.2) is 53.4 Å². The molecule has 0 saturated carbocycles. The van der Waals surface area contributed by atoms with Crippen molar-refractivity contribution in [3.63, 3.8) is 0 Å². The lowest BCUT2D eigenvalue weighted by atomic mass is 10.1. The van der Waals surface area contributed by atoms with E-state index in [2.05, 4.69) is 4.72 Å². The van der Waals surface area contributed by atoms with E-state index in [1.54, 1.807) is 0 Å². The molecular formula is C18H21F2N2O3S+. The number of ether oxygens (including phenoxy) is 1. The lowest BCUT2D eigenvalue weighted by molar-refractivity contribution is -0.909. The summed E-state index contributed by atoms with van der Waals surface area (Å²) >= 11 is 0. The zero-order valence-corrected chi connectivity index (χ0v) is 14.9. The predicted octanol–water partition coefficient (Wildman–Crippen LogP) is 0.900. The van der Waals surface area contributed by atoms with Gasteiger partial charge in [-0.25, -0.2) is 17.2 Å². The van der Waals surface area contributed by atoms with Crippen LogP contribution in [0, 0.1) is 11.6 Å². The third-order valence-corrected chi connectivity index (χ3v) is 5.86. The molecule has 140 valence electrons. The van der Waals surface area contributed by atoms with Gasteiger partial charge in [0.1, 0.15) is 13.1 Å². The number of hydrogen-bond acceptors (Lipinski definition) is 3. The van der Waals surface area contributed by atoms with E-state index >= 15 is 0 Å². The molecule has 2 N–H and O–H groups in total. The number of rotatable bonds is 6. The Morgan fingerprint density at radius 1 is 1.04 bits per heavy atom. The first kappa shape index (κ1) is 18.9. The van der Waals surface area contributed by atoms with Gasteiger partial charge < -0.3 is 9.64 Å². The molecule has 1 atom stereocenters. The third-order valence-electron chi connectivity index (χ3n) is 4.39. The van der Waals surface area contributed by atoms with Crippen molar-refractivity contribution in [1.29, 1.82) is 0 Å². The molecule has 5 nitrogen and oxygen atoms in total. The Morgan fingerprint density at radius 2 is 1.73 bits per heavy atom. The summed E-state index contributed by atoms with van der Waals surface area (Å²) in [7, 11) is -4.00. The first-order valence-electron chi connectivity index (χ1n) is 8.39. The Hall–Kier alpha value is -1.87. The quantitative estimate of drug-likeness (QED) is 0.779. The monoisotopic (exact) mass is 383 g/mol. The van der Waals surface area contributed by atoms with Crippen LogP contribution >= 0.6 is 0 Å². The summed E-state index contributed by atoms with van der Waals surface area (Å²) in [6.07, 6.45) is 0. The van der Waals surface area contributed by atoms with Crippen molar-refractivity contribution in [3.05, 3.63) is 65.7 Å². The molecular weight excluding hydrogens is 362 g/mol. The lowest BCUT2D eigenvalue weighted by Gasteiger charge is -2.28. The van der Waals surface area contributed by atoms with E-state index < -0.39 is 27.7 Å². The highest BCUT2D eigenvalue weighted by Crippen LogP contribution is 2.18. The van der Waals surface area contributed by atoms with Crippen molar-refractivity contribution in [2.75, 3.05) is 32.8 Å². The van der Waals surface area contributed by atoms with Gasteiger partial charge in [0.15, 0.2) is 11.6 Å². The van der Waals surface area contributed by atoms with Gasteiger partial charge in [0.05, 0.1) is 30.7 Å². The second kappa shape index (κ2) is 8.22. The predicted molar refractivity (Wildman–Crippen MR) is 92.2 cm³/mol. The summed E-state index contributed by atoms with van der Waals surface area (Å²) in [5.74, 6) is -2.27. The highest BCUT2D eigenvalue weighted by Gasteiger charge is 2.27. The number of halogens is 2. The van der Waals surface area contributed by atoms with Crippen LogP contribution in [0.5, 0.6) is 0 Å². The van der Waals surface area contributed by atoms with Crippen LogP contribution in [-0.4, -0.2) is 41.3 Å². The van der Waals surface area contributed by atoms with E-state index in [1.807, 2.05) is 30.3 Å². The van der Waals surface area contributed by atoms with Gasteiger partial charge >= 0.3 is 0 Å². The van der Waals surface area contributed by atoms with Gasteiger partial charge in [0.25, 0.3) is 0 Å². The normalized spacial score (nSPS) is 17.2. The number of hydrogen-bond donors (Lipinski definition) is 2. The molecule has 0 bridgehead atoms. The van der Waals surface area contributed by atoms with Gasteiger partial charge in [0, 0.05) is 0 Å². The van der Waals surface area contributed by atoms with Crippen molar-refractivity contribution in [3.8, 4) is 0 Å². The molecule has 1 saturated heterocycles. The van der Waals surface area contributed by atoms with E-state index in [0.29, 0.717) is 25.8 Å². The molecule has 0 radical (unpaired) electrons. The van der Waals surface area contributed by atoms with E-state index in [4.69, 9.17) is 4.74 Å². The SMILES string of the molecule is O=S(=O)(N[C@H](C[NH+]1CCOCC1)c1ccccc1)c1ccc(F)c(F)c1. The molecule has 26 heavy (non-hydrogen) atoms. The summed E-state index contributed by atoms with van der Waals surface area (Å²) < 4.78 is 59.9. The van der Waals surface area contributed by atoms with E-state index in [-0.39, 0.29) is 4.90 Å². The molecule has 1 aliphatic heterocycles. The zero-order valence-electron chi connectivity index (χ0n) is 14.1. The Kier molecular flexibility index (Phi) is 5.98.